The number of piperidine rings is 1. The van der Waals surface area contributed by atoms with Crippen molar-refractivity contribution in [3.63, 3.8) is 0 Å². The van der Waals surface area contributed by atoms with E-state index in [1.165, 1.54) is 4.31 Å². The van der Waals surface area contributed by atoms with Crippen molar-refractivity contribution in [1.82, 2.24) is 23.7 Å². The number of carbonyl (C=O) groups excluding carboxylic acids is 1. The lowest BCUT2D eigenvalue weighted by atomic mass is 9.98. The van der Waals surface area contributed by atoms with Gasteiger partial charge in [0.05, 0.1) is 12.2 Å². The van der Waals surface area contributed by atoms with Gasteiger partial charge in [-0.25, -0.2) is 18.4 Å². The number of hydrogen-bond acceptors (Lipinski definition) is 6. The van der Waals surface area contributed by atoms with Gasteiger partial charge in [0, 0.05) is 57.7 Å². The van der Waals surface area contributed by atoms with Crippen molar-refractivity contribution in [2.24, 2.45) is 5.92 Å². The van der Waals surface area contributed by atoms with Crippen LogP contribution in [0.5, 0.6) is 0 Å². The predicted molar refractivity (Wildman–Crippen MR) is 117 cm³/mol. The van der Waals surface area contributed by atoms with E-state index < -0.39 is 10.0 Å². The molecule has 0 spiro atoms. The van der Waals surface area contributed by atoms with Crippen molar-refractivity contribution in [3.05, 3.63) is 36.9 Å². The summed E-state index contributed by atoms with van der Waals surface area (Å²) in [5.41, 5.74) is 0. The molecular weight excluding hydrogens is 416 g/mol. The standard InChI is InChI=1S/C21H30N6O3S/c1-17(2)26-15-20(23-16-26)31(29,30)27-9-5-6-18(14-27)21(28)25-12-10-24(11-13-25)19-7-3-4-8-22-19/h3-4,7-8,15-18H,5-6,9-14H2,1-2H3. The minimum Gasteiger partial charge on any atom is -0.353 e. The average Bonchev–Trinajstić information content (AvgIpc) is 3.31. The Kier molecular flexibility index (Phi) is 6.29. The molecule has 4 heterocycles. The quantitative estimate of drug-likeness (QED) is 0.693. The summed E-state index contributed by atoms with van der Waals surface area (Å²) in [6.07, 6.45) is 6.28. The zero-order chi connectivity index (χ0) is 22.0. The Bertz CT molecular complexity index is 999. The van der Waals surface area contributed by atoms with Gasteiger partial charge in [0.2, 0.25) is 5.91 Å². The molecule has 1 atom stereocenters. The van der Waals surface area contributed by atoms with Gasteiger partial charge in [-0.05, 0) is 38.8 Å². The highest BCUT2D eigenvalue weighted by atomic mass is 32.2. The van der Waals surface area contributed by atoms with Crippen LogP contribution in [0.4, 0.5) is 5.82 Å². The third-order valence-corrected chi connectivity index (χ3v) is 7.83. The molecule has 2 aromatic heterocycles. The largest absolute Gasteiger partial charge is 0.353 e. The van der Waals surface area contributed by atoms with Crippen LogP contribution in [0.15, 0.2) is 41.9 Å². The molecule has 2 aliphatic rings. The molecule has 0 saturated carbocycles. The summed E-state index contributed by atoms with van der Waals surface area (Å²) in [5.74, 6) is 0.663. The van der Waals surface area contributed by atoms with E-state index in [-0.39, 0.29) is 29.4 Å². The molecule has 2 fully saturated rings. The summed E-state index contributed by atoms with van der Waals surface area (Å²) >= 11 is 0. The first-order chi connectivity index (χ1) is 14.9. The number of sulfonamides is 1. The van der Waals surface area contributed by atoms with Crippen LogP contribution >= 0.6 is 0 Å². The first-order valence-corrected chi connectivity index (χ1v) is 12.3. The van der Waals surface area contributed by atoms with Gasteiger partial charge >= 0.3 is 0 Å². The second-order valence-electron chi connectivity index (χ2n) is 8.46. The van der Waals surface area contributed by atoms with Crippen LogP contribution in [0.3, 0.4) is 0 Å². The van der Waals surface area contributed by atoms with Gasteiger partial charge in [-0.15, -0.1) is 0 Å². The van der Waals surface area contributed by atoms with Crippen molar-refractivity contribution in [2.75, 3.05) is 44.2 Å². The summed E-state index contributed by atoms with van der Waals surface area (Å²) in [6, 6.07) is 5.96. The number of rotatable bonds is 5. The number of piperazine rings is 1. The van der Waals surface area contributed by atoms with Gasteiger partial charge in [-0.1, -0.05) is 6.07 Å². The van der Waals surface area contributed by atoms with Crippen molar-refractivity contribution < 1.29 is 13.2 Å². The van der Waals surface area contributed by atoms with Crippen LogP contribution in [0.2, 0.25) is 0 Å². The molecule has 0 radical (unpaired) electrons. The fraction of sp³-hybridized carbons (Fsp3) is 0.571. The summed E-state index contributed by atoms with van der Waals surface area (Å²) in [6.45, 7) is 7.29. The predicted octanol–water partition coefficient (Wildman–Crippen LogP) is 1.61. The molecule has 2 aliphatic heterocycles. The van der Waals surface area contributed by atoms with E-state index in [0.29, 0.717) is 32.5 Å². The van der Waals surface area contributed by atoms with E-state index >= 15 is 0 Å². The molecule has 2 aromatic rings. The van der Waals surface area contributed by atoms with Gasteiger partial charge in [-0.2, -0.15) is 4.31 Å². The van der Waals surface area contributed by atoms with E-state index in [9.17, 15) is 13.2 Å². The van der Waals surface area contributed by atoms with E-state index in [4.69, 9.17) is 0 Å². The highest BCUT2D eigenvalue weighted by Gasteiger charge is 2.36. The third kappa shape index (κ3) is 4.59. The normalized spacial score (nSPS) is 20.9. The van der Waals surface area contributed by atoms with Crippen LogP contribution in [0.25, 0.3) is 0 Å². The highest BCUT2D eigenvalue weighted by Crippen LogP contribution is 2.25. The van der Waals surface area contributed by atoms with E-state index in [0.717, 1.165) is 18.9 Å². The number of imidazole rings is 1. The Labute approximate surface area is 183 Å². The maximum atomic E-state index is 13.1. The first kappa shape index (κ1) is 21.8. The van der Waals surface area contributed by atoms with Gasteiger partial charge in [0.1, 0.15) is 5.82 Å². The number of pyridine rings is 1. The lowest BCUT2D eigenvalue weighted by Crippen LogP contribution is -2.53. The highest BCUT2D eigenvalue weighted by molar-refractivity contribution is 7.89. The monoisotopic (exact) mass is 446 g/mol. The van der Waals surface area contributed by atoms with Crippen LogP contribution in [-0.4, -0.2) is 77.3 Å². The molecule has 0 aromatic carbocycles. The second kappa shape index (κ2) is 8.96. The summed E-state index contributed by atoms with van der Waals surface area (Å²) < 4.78 is 29.4. The fourth-order valence-electron chi connectivity index (χ4n) is 4.18. The molecule has 0 bridgehead atoms. The first-order valence-electron chi connectivity index (χ1n) is 10.8. The fourth-order valence-corrected chi connectivity index (χ4v) is 5.63. The molecule has 168 valence electrons. The topological polar surface area (TPSA) is 91.6 Å². The molecule has 0 N–H and O–H groups in total. The smallest absolute Gasteiger partial charge is 0.262 e. The molecule has 10 heteroatoms. The maximum Gasteiger partial charge on any atom is 0.262 e. The van der Waals surface area contributed by atoms with Gasteiger partial charge in [0.15, 0.2) is 5.03 Å². The Morgan fingerprint density at radius 3 is 2.52 bits per heavy atom. The lowest BCUT2D eigenvalue weighted by molar-refractivity contribution is -0.137. The molecule has 9 nitrogen and oxygen atoms in total. The molecule has 4 rings (SSSR count). The number of nitrogens with zero attached hydrogens (tertiary/aromatic N) is 6. The number of anilines is 1. The van der Waals surface area contributed by atoms with Crippen LogP contribution in [-0.2, 0) is 14.8 Å². The zero-order valence-corrected chi connectivity index (χ0v) is 18.9. The molecule has 31 heavy (non-hydrogen) atoms. The van der Waals surface area contributed by atoms with Gasteiger partial charge in [0.25, 0.3) is 10.0 Å². The van der Waals surface area contributed by atoms with Crippen LogP contribution in [0.1, 0.15) is 32.7 Å². The van der Waals surface area contributed by atoms with Crippen LogP contribution in [0, 0.1) is 5.92 Å². The Balaban J connectivity index is 1.38. The Morgan fingerprint density at radius 1 is 1.10 bits per heavy atom. The van der Waals surface area contributed by atoms with Crippen molar-refractivity contribution in [1.29, 1.82) is 0 Å². The van der Waals surface area contributed by atoms with Crippen molar-refractivity contribution >= 4 is 21.7 Å². The lowest BCUT2D eigenvalue weighted by Gasteiger charge is -2.39. The summed E-state index contributed by atoms with van der Waals surface area (Å²) in [7, 11) is -3.70. The molecule has 2 saturated heterocycles. The minimum atomic E-state index is -3.70. The molecule has 1 unspecified atom stereocenters. The Hall–Kier alpha value is -2.46. The number of hydrogen-bond donors (Lipinski definition) is 0. The molecular formula is C21H30N6O3S. The molecule has 0 aliphatic carbocycles. The summed E-state index contributed by atoms with van der Waals surface area (Å²) in [5, 5.41) is 0.0540. The number of aromatic nitrogens is 3. The van der Waals surface area contributed by atoms with Crippen LogP contribution < -0.4 is 4.90 Å². The van der Waals surface area contributed by atoms with E-state index in [2.05, 4.69) is 14.9 Å². The van der Waals surface area contributed by atoms with Gasteiger partial charge in [-0.3, -0.25) is 4.79 Å². The SMILES string of the molecule is CC(C)n1cnc(S(=O)(=O)N2CCCC(C(=O)N3CCN(c4ccccn4)CC3)C2)c1. The van der Waals surface area contributed by atoms with Crippen molar-refractivity contribution in [3.8, 4) is 0 Å². The Morgan fingerprint density at radius 2 is 1.87 bits per heavy atom. The number of carbonyl (C=O) groups is 1. The van der Waals surface area contributed by atoms with E-state index in [1.54, 1.807) is 23.3 Å². The van der Waals surface area contributed by atoms with E-state index in [1.807, 2.05) is 36.9 Å². The van der Waals surface area contributed by atoms with Gasteiger partial charge < -0.3 is 14.4 Å². The zero-order valence-electron chi connectivity index (χ0n) is 18.1. The average molecular weight is 447 g/mol. The second-order valence-corrected chi connectivity index (χ2v) is 10.3. The summed E-state index contributed by atoms with van der Waals surface area (Å²) in [4.78, 5) is 25.7. The molecule has 1 amide bonds. The number of amides is 1. The third-order valence-electron chi connectivity index (χ3n) is 6.08. The minimum absolute atomic E-state index is 0.0493. The maximum absolute atomic E-state index is 13.1. The van der Waals surface area contributed by atoms with Crippen molar-refractivity contribution in [2.45, 2.75) is 37.8 Å².